The van der Waals surface area contributed by atoms with E-state index in [9.17, 15) is 4.79 Å². The summed E-state index contributed by atoms with van der Waals surface area (Å²) in [4.78, 5) is 17.0. The van der Waals surface area contributed by atoms with Crippen LogP contribution in [0.15, 0.2) is 51.9 Å². The van der Waals surface area contributed by atoms with Gasteiger partial charge in [-0.05, 0) is 30.3 Å². The molecule has 0 amide bonds. The second-order valence-electron chi connectivity index (χ2n) is 5.06. The van der Waals surface area contributed by atoms with Crippen LogP contribution in [0, 0.1) is 0 Å². The highest BCUT2D eigenvalue weighted by Crippen LogP contribution is 2.31. The van der Waals surface area contributed by atoms with Gasteiger partial charge in [-0.2, -0.15) is 0 Å². The number of aromatic amines is 1. The minimum Gasteiger partial charge on any atom is -0.289 e. The number of nitrogens with one attached hydrogen (secondary N) is 1. The maximum Gasteiger partial charge on any atom is 0.280 e. The van der Waals surface area contributed by atoms with Gasteiger partial charge >= 0.3 is 0 Å². The van der Waals surface area contributed by atoms with Crippen LogP contribution in [-0.4, -0.2) is 14.8 Å². The van der Waals surface area contributed by atoms with Gasteiger partial charge in [0.2, 0.25) is 0 Å². The number of pyridine rings is 1. The van der Waals surface area contributed by atoms with Gasteiger partial charge in [0.05, 0.1) is 27.1 Å². The number of hydrogen-bond acceptors (Lipinski definition) is 2. The molecule has 4 rings (SSSR count). The summed E-state index contributed by atoms with van der Waals surface area (Å²) < 4.78 is 2.36. The lowest BCUT2D eigenvalue weighted by atomic mass is 10.2. The first-order chi connectivity index (χ1) is 11.0. The summed E-state index contributed by atoms with van der Waals surface area (Å²) in [5.41, 5.74) is 1.82. The van der Waals surface area contributed by atoms with E-state index in [1.165, 1.54) is 10.9 Å². The predicted molar refractivity (Wildman–Crippen MR) is 96.9 cm³/mol. The Labute approximate surface area is 148 Å². The van der Waals surface area contributed by atoms with E-state index in [2.05, 4.69) is 26.0 Å². The van der Waals surface area contributed by atoms with Crippen LogP contribution in [0.4, 0.5) is 0 Å². The second kappa shape index (κ2) is 5.37. The van der Waals surface area contributed by atoms with Crippen molar-refractivity contribution in [2.24, 2.45) is 0 Å². The Kier molecular flexibility index (Phi) is 3.44. The smallest absolute Gasteiger partial charge is 0.280 e. The molecule has 0 bridgehead atoms. The van der Waals surface area contributed by atoms with Crippen molar-refractivity contribution in [3.63, 3.8) is 0 Å². The van der Waals surface area contributed by atoms with Crippen LogP contribution in [0.25, 0.3) is 27.5 Å². The number of rotatable bonds is 1. The first-order valence-electron chi connectivity index (χ1n) is 6.69. The van der Waals surface area contributed by atoms with E-state index in [-0.39, 0.29) is 5.56 Å². The largest absolute Gasteiger partial charge is 0.289 e. The molecular weight excluding hydrogens is 401 g/mol. The molecule has 4 nitrogen and oxygen atoms in total. The van der Waals surface area contributed by atoms with Crippen LogP contribution >= 0.6 is 39.1 Å². The van der Waals surface area contributed by atoms with Crippen molar-refractivity contribution in [2.45, 2.75) is 0 Å². The fourth-order valence-electron chi connectivity index (χ4n) is 2.60. The standard InChI is InChI=1S/C16H8BrCl2N3O/c17-8-2-1-3-10(4-8)22-16(23)11-7-20-13-6-9(18)5-12(19)14(13)15(11)21-22/h1-7,21H. The van der Waals surface area contributed by atoms with Crippen LogP contribution in [0.5, 0.6) is 0 Å². The first-order valence-corrected chi connectivity index (χ1v) is 8.24. The minimum atomic E-state index is -0.182. The van der Waals surface area contributed by atoms with E-state index in [1.54, 1.807) is 12.1 Å². The highest BCUT2D eigenvalue weighted by Gasteiger charge is 2.14. The van der Waals surface area contributed by atoms with Crippen molar-refractivity contribution in [1.82, 2.24) is 14.8 Å². The van der Waals surface area contributed by atoms with E-state index in [4.69, 9.17) is 23.2 Å². The maximum atomic E-state index is 12.7. The number of nitrogens with zero attached hydrogens (tertiary/aromatic N) is 2. The Hall–Kier alpha value is -1.82. The van der Waals surface area contributed by atoms with E-state index in [0.29, 0.717) is 31.9 Å². The second-order valence-corrected chi connectivity index (χ2v) is 6.82. The Balaban J connectivity index is 2.12. The Morgan fingerprint density at radius 3 is 2.78 bits per heavy atom. The molecule has 0 radical (unpaired) electrons. The highest BCUT2D eigenvalue weighted by molar-refractivity contribution is 9.10. The van der Waals surface area contributed by atoms with Crippen molar-refractivity contribution in [3.8, 4) is 5.69 Å². The van der Waals surface area contributed by atoms with Gasteiger partial charge in [0.1, 0.15) is 0 Å². The fraction of sp³-hybridized carbons (Fsp3) is 0. The normalized spacial score (nSPS) is 11.4. The number of aromatic nitrogens is 3. The van der Waals surface area contributed by atoms with E-state index in [1.807, 2.05) is 24.3 Å². The molecule has 7 heteroatoms. The maximum absolute atomic E-state index is 12.7. The van der Waals surface area contributed by atoms with Crippen LogP contribution in [0.3, 0.4) is 0 Å². The molecule has 0 saturated carbocycles. The molecule has 0 aliphatic heterocycles. The third kappa shape index (κ3) is 2.36. The molecule has 0 unspecified atom stereocenters. The number of halogens is 3. The summed E-state index contributed by atoms with van der Waals surface area (Å²) in [7, 11) is 0. The van der Waals surface area contributed by atoms with E-state index in [0.717, 1.165) is 10.2 Å². The minimum absolute atomic E-state index is 0.182. The van der Waals surface area contributed by atoms with Gasteiger partial charge in [-0.15, -0.1) is 0 Å². The molecule has 114 valence electrons. The van der Waals surface area contributed by atoms with E-state index < -0.39 is 0 Å². The summed E-state index contributed by atoms with van der Waals surface area (Å²) in [6, 6.07) is 10.8. The Morgan fingerprint density at radius 2 is 2.00 bits per heavy atom. The zero-order chi connectivity index (χ0) is 16.1. The third-order valence-electron chi connectivity index (χ3n) is 3.61. The molecule has 23 heavy (non-hydrogen) atoms. The Bertz CT molecular complexity index is 1130. The zero-order valence-electron chi connectivity index (χ0n) is 11.5. The molecular formula is C16H8BrCl2N3O. The lowest BCUT2D eigenvalue weighted by Crippen LogP contribution is -2.14. The monoisotopic (exact) mass is 407 g/mol. The Morgan fingerprint density at radius 1 is 1.17 bits per heavy atom. The van der Waals surface area contributed by atoms with Crippen molar-refractivity contribution >= 4 is 60.9 Å². The average Bonchev–Trinajstić information content (AvgIpc) is 2.84. The molecule has 0 saturated heterocycles. The number of fused-ring (bicyclic) bond motifs is 3. The summed E-state index contributed by atoms with van der Waals surface area (Å²) in [5, 5.41) is 5.24. The van der Waals surface area contributed by atoms with Gasteiger partial charge in [0.15, 0.2) is 0 Å². The van der Waals surface area contributed by atoms with Gasteiger partial charge in [-0.3, -0.25) is 14.9 Å². The molecule has 2 heterocycles. The van der Waals surface area contributed by atoms with Crippen LogP contribution < -0.4 is 5.56 Å². The van der Waals surface area contributed by atoms with Crippen molar-refractivity contribution in [1.29, 1.82) is 0 Å². The highest BCUT2D eigenvalue weighted by atomic mass is 79.9. The molecule has 2 aromatic carbocycles. The topological polar surface area (TPSA) is 50.7 Å². The lowest BCUT2D eigenvalue weighted by Gasteiger charge is -2.03. The summed E-state index contributed by atoms with van der Waals surface area (Å²) in [5.74, 6) is 0. The van der Waals surface area contributed by atoms with Gasteiger partial charge in [-0.25, -0.2) is 4.68 Å². The first kappa shape index (κ1) is 14.8. The van der Waals surface area contributed by atoms with Gasteiger partial charge in [0.25, 0.3) is 5.56 Å². The van der Waals surface area contributed by atoms with Gasteiger partial charge < -0.3 is 0 Å². The number of hydrogen-bond donors (Lipinski definition) is 1. The molecule has 1 N–H and O–H groups in total. The SMILES string of the molecule is O=c1c2cnc3cc(Cl)cc(Cl)c3c2[nH]n1-c1cccc(Br)c1. The summed E-state index contributed by atoms with van der Waals surface area (Å²) in [6.45, 7) is 0. The van der Waals surface area contributed by atoms with Crippen molar-refractivity contribution in [3.05, 3.63) is 67.5 Å². The molecule has 2 aromatic heterocycles. The molecule has 4 aromatic rings. The van der Waals surface area contributed by atoms with E-state index >= 15 is 0 Å². The van der Waals surface area contributed by atoms with Crippen molar-refractivity contribution in [2.75, 3.05) is 0 Å². The van der Waals surface area contributed by atoms with Crippen molar-refractivity contribution < 1.29 is 0 Å². The molecule has 0 fully saturated rings. The quantitative estimate of drug-likeness (QED) is 0.485. The number of benzene rings is 2. The van der Waals surface area contributed by atoms with Gasteiger partial charge in [0, 0.05) is 21.1 Å². The van der Waals surface area contributed by atoms with Crippen LogP contribution in [0.1, 0.15) is 0 Å². The predicted octanol–water partition coefficient (Wildman–Crippen LogP) is 4.94. The molecule has 0 aliphatic carbocycles. The average molecular weight is 409 g/mol. The molecule has 0 atom stereocenters. The van der Waals surface area contributed by atoms with Gasteiger partial charge in [-0.1, -0.05) is 45.2 Å². The van der Waals surface area contributed by atoms with Crippen LogP contribution in [-0.2, 0) is 0 Å². The zero-order valence-corrected chi connectivity index (χ0v) is 14.6. The lowest BCUT2D eigenvalue weighted by molar-refractivity contribution is 0.864. The fourth-order valence-corrected chi connectivity index (χ4v) is 3.57. The molecule has 0 spiro atoms. The number of H-pyrrole nitrogens is 1. The molecule has 0 aliphatic rings. The third-order valence-corrected chi connectivity index (χ3v) is 4.62. The summed E-state index contributed by atoms with van der Waals surface area (Å²) in [6.07, 6.45) is 1.54. The van der Waals surface area contributed by atoms with Crippen LogP contribution in [0.2, 0.25) is 10.0 Å². The summed E-state index contributed by atoms with van der Waals surface area (Å²) >= 11 is 15.7.